The number of carboxylic acids is 1. The van der Waals surface area contributed by atoms with Gasteiger partial charge in [0.1, 0.15) is 0 Å². The first-order chi connectivity index (χ1) is 51.1. The van der Waals surface area contributed by atoms with Crippen LogP contribution in [0.1, 0.15) is 142 Å². The van der Waals surface area contributed by atoms with Crippen LogP contribution in [-0.4, -0.2) is 164 Å². The van der Waals surface area contributed by atoms with E-state index in [0.717, 1.165) is 193 Å². The zero-order valence-electron chi connectivity index (χ0n) is 60.0. The largest absolute Gasteiger partial charge is 0.481 e. The van der Waals surface area contributed by atoms with Crippen LogP contribution in [-0.2, 0) is 65.0 Å². The van der Waals surface area contributed by atoms with E-state index >= 15 is 0 Å². The standard InChI is InChI=1S/C28H33F3N4OS.C19H20F3NO2S.C14H14F3NS.C9H15N3.C7H12O5S.CH4/c29-28(30,31)22-3-4-23-25(17-37-26(23)13-22)20-5-9-33(10-6-20)16-21-12-24(21)27(36)35-8-1-2-19(15-35)14-34-11-7-32-18-34;20-19(21,22)13-1-2-14-16(10-26-17(14)8-13)11-3-5-23(6-4-11)9-12-7-15(12)18(24)25;15-14(16,17)10-1-2-11-12(8-19-13(11)7-10)9-3-5-18-6-4-9;1-2-9(6-10-3-1)7-12-5-4-11-8-12;1-11-7(8)6-3-5(6)4-12-13(2,9)10;/h3-4,7,11,13,17-21,24H,1-2,5-6,8-10,12,14-16H2;1-2,8,10-12,15H,3-7,9H2,(H,24,25);1-2,7-9,18H,3-6H2;4-5,8-10H,1-3,6-7H2;5-6H,3-4H2,1-2H3;1H4/t19-,21-,24+;12-,15+;;9-;5-,6?;/m00.10./s1. The molecule has 16 rings (SSSR count). The summed E-state index contributed by atoms with van der Waals surface area (Å²) in [6, 6.07) is 12.3. The fraction of sp³-hybridized carbons (Fsp3) is 0.577. The van der Waals surface area contributed by atoms with E-state index in [9.17, 15) is 62.3 Å². The van der Waals surface area contributed by atoms with Crippen LogP contribution < -0.4 is 10.6 Å². The van der Waals surface area contributed by atoms with Gasteiger partial charge in [-0.05, 0) is 269 Å². The number of carbonyl (C=O) groups excluding carboxylic acids is 2. The SMILES string of the molecule is C.COC(=O)C1C[C@H]1COS(C)(=O)=O.FC(F)(F)c1ccc2c(C3CCNCC3)csc2c1.O=C(O)[C@@H]1C[C@H]1CN1CCC(c2csc3cc(C(F)(F)F)ccc23)CC1.O=C([C@@H]1C[C@H]1CN1CCC(c2csc3cc(C(F)(F)F)ccc23)CC1)N1CCC[C@@H](Cn2ccnc2)C1.c1cn(C[C@@H]2CCCNC2)cn1. The third-order valence-electron chi connectivity index (χ3n) is 22.3. The van der Waals surface area contributed by atoms with Crippen LogP contribution in [0.15, 0.2) is 108 Å². The molecule has 0 spiro atoms. The number of likely N-dealkylation sites (tertiary alicyclic amines) is 3. The molecule has 17 nitrogen and oxygen atoms in total. The van der Waals surface area contributed by atoms with E-state index in [1.807, 2.05) is 42.0 Å². The Morgan fingerprint density at radius 1 is 0.556 bits per heavy atom. The highest BCUT2D eigenvalue weighted by molar-refractivity contribution is 7.86. The van der Waals surface area contributed by atoms with Gasteiger partial charge in [0.2, 0.25) is 5.91 Å². The van der Waals surface area contributed by atoms with E-state index in [4.69, 9.17) is 5.11 Å². The Kier molecular flexibility index (Phi) is 27.7. The van der Waals surface area contributed by atoms with Gasteiger partial charge in [-0.1, -0.05) is 25.6 Å². The zero-order valence-corrected chi connectivity index (χ0v) is 63.3. The van der Waals surface area contributed by atoms with E-state index in [1.54, 1.807) is 24.4 Å². The average Bonchev–Trinajstić information content (AvgIpc) is 1.59. The second kappa shape index (κ2) is 36.3. The second-order valence-electron chi connectivity index (χ2n) is 30.1. The summed E-state index contributed by atoms with van der Waals surface area (Å²) >= 11 is 4.22. The van der Waals surface area contributed by atoms with Gasteiger partial charge in [0.25, 0.3) is 10.1 Å². The van der Waals surface area contributed by atoms with Crippen LogP contribution in [0.5, 0.6) is 0 Å². The molecular weight excluding hydrogens is 1490 g/mol. The average molecular weight is 1590 g/mol. The van der Waals surface area contributed by atoms with Gasteiger partial charge < -0.3 is 44.3 Å². The van der Waals surface area contributed by atoms with Crippen molar-refractivity contribution < 1.29 is 76.3 Å². The van der Waals surface area contributed by atoms with Crippen LogP contribution in [0, 0.1) is 47.3 Å². The van der Waals surface area contributed by atoms with Gasteiger partial charge in [-0.15, -0.1) is 34.0 Å². The van der Waals surface area contributed by atoms with E-state index < -0.39 is 51.3 Å². The normalized spacial score (nSPS) is 23.9. The number of amides is 1. The molecular formula is C78H98F9N9O8S4. The number of carboxylic acid groups (broad SMARTS) is 1. The minimum atomic E-state index is -4.31. The summed E-state index contributed by atoms with van der Waals surface area (Å²) in [6.07, 6.45) is 13.0. The van der Waals surface area contributed by atoms with Crippen molar-refractivity contribution in [2.45, 2.75) is 140 Å². The molecule has 3 aromatic carbocycles. The van der Waals surface area contributed by atoms with Gasteiger partial charge in [-0.25, -0.2) is 9.97 Å². The van der Waals surface area contributed by atoms with Crippen molar-refractivity contribution in [1.82, 2.24) is 44.4 Å². The van der Waals surface area contributed by atoms with Gasteiger partial charge in [-0.3, -0.25) is 18.6 Å². The van der Waals surface area contributed by atoms with Gasteiger partial charge in [0, 0.05) is 84.1 Å². The van der Waals surface area contributed by atoms with Crippen LogP contribution in [0.25, 0.3) is 30.3 Å². The lowest BCUT2D eigenvalue weighted by atomic mass is 9.89. The van der Waals surface area contributed by atoms with Crippen molar-refractivity contribution in [2.24, 2.45) is 47.3 Å². The first-order valence-corrected chi connectivity index (χ1v) is 41.5. The molecule has 3 saturated carbocycles. The number of methoxy groups -OCH3 is 1. The number of nitrogens with zero attached hydrogens (tertiary/aromatic N) is 7. The Morgan fingerprint density at radius 3 is 1.42 bits per heavy atom. The number of thiophene rings is 3. The Balaban J connectivity index is 0.000000143. The quantitative estimate of drug-likeness (QED) is 0.0443. The molecule has 0 bridgehead atoms. The number of rotatable bonds is 17. The molecule has 5 aliphatic heterocycles. The molecule has 8 aliphatic rings. The molecule has 8 atom stereocenters. The molecule has 8 fully saturated rings. The molecule has 10 heterocycles. The number of hydrogen-bond donors (Lipinski definition) is 3. The summed E-state index contributed by atoms with van der Waals surface area (Å²) in [5.41, 5.74) is 1.85. The molecule has 0 radical (unpaired) electrons. The number of carbonyl (C=O) groups is 3. The number of imidazole rings is 2. The Bertz CT molecular complexity index is 4350. The van der Waals surface area contributed by atoms with Gasteiger partial charge in [0.05, 0.1) is 61.2 Å². The number of esters is 1. The van der Waals surface area contributed by atoms with Crippen molar-refractivity contribution in [1.29, 1.82) is 0 Å². The number of halogens is 9. The number of piperidine rings is 5. The van der Waals surface area contributed by atoms with E-state index in [-0.39, 0.29) is 49.6 Å². The van der Waals surface area contributed by atoms with Crippen LogP contribution in [0.2, 0.25) is 0 Å². The Hall–Kier alpha value is -6.51. The number of alkyl halides is 9. The number of aliphatic carboxylic acids is 1. The summed E-state index contributed by atoms with van der Waals surface area (Å²) in [7, 11) is -2.07. The van der Waals surface area contributed by atoms with Crippen LogP contribution in [0.4, 0.5) is 39.5 Å². The van der Waals surface area contributed by atoms with Crippen LogP contribution >= 0.6 is 34.0 Å². The first kappa shape index (κ1) is 82.5. The number of benzene rings is 3. The molecule has 108 heavy (non-hydrogen) atoms. The smallest absolute Gasteiger partial charge is 0.416 e. The van der Waals surface area contributed by atoms with Gasteiger partial charge >= 0.3 is 30.5 Å². The van der Waals surface area contributed by atoms with E-state index in [0.29, 0.717) is 46.6 Å². The highest BCUT2D eigenvalue weighted by Crippen LogP contribution is 2.47. The monoisotopic (exact) mass is 1590 g/mol. The van der Waals surface area contributed by atoms with Crippen molar-refractivity contribution in [3.63, 3.8) is 0 Å². The summed E-state index contributed by atoms with van der Waals surface area (Å²) < 4.78 is 152. The molecule has 5 aromatic heterocycles. The number of aromatic nitrogens is 4. The zero-order chi connectivity index (χ0) is 75.8. The topological polar surface area (TPSA) is 193 Å². The lowest BCUT2D eigenvalue weighted by molar-refractivity contribution is -0.143. The number of fused-ring (bicyclic) bond motifs is 3. The maximum absolute atomic E-state index is 13.2. The highest BCUT2D eigenvalue weighted by atomic mass is 32.2. The minimum Gasteiger partial charge on any atom is -0.481 e. The first-order valence-electron chi connectivity index (χ1n) is 37.1. The molecule has 3 N–H and O–H groups in total. The third-order valence-corrected chi connectivity index (χ3v) is 25.8. The lowest BCUT2D eigenvalue weighted by Crippen LogP contribution is -2.42. The highest BCUT2D eigenvalue weighted by Gasteiger charge is 2.48. The summed E-state index contributed by atoms with van der Waals surface area (Å²) in [5, 5.41) is 24.7. The van der Waals surface area contributed by atoms with E-state index in [1.165, 1.54) is 108 Å². The predicted molar refractivity (Wildman–Crippen MR) is 403 cm³/mol. The molecule has 1 amide bonds. The number of nitrogens with one attached hydrogen (secondary N) is 2. The number of hydrogen-bond acceptors (Lipinski definition) is 16. The second-order valence-corrected chi connectivity index (χ2v) is 34.4. The van der Waals surface area contributed by atoms with Crippen molar-refractivity contribution >= 4 is 92.2 Å². The summed E-state index contributed by atoms with van der Waals surface area (Å²) in [6.45, 7) is 13.8. The summed E-state index contributed by atoms with van der Waals surface area (Å²) in [4.78, 5) is 50.1. The predicted octanol–water partition coefficient (Wildman–Crippen LogP) is 16.4. The van der Waals surface area contributed by atoms with Gasteiger partial charge in [0.15, 0.2) is 0 Å². The lowest BCUT2D eigenvalue weighted by Gasteiger charge is -2.34. The van der Waals surface area contributed by atoms with Gasteiger partial charge in [-0.2, -0.15) is 47.9 Å². The summed E-state index contributed by atoms with van der Waals surface area (Å²) in [5.74, 6) is 2.47. The molecule has 590 valence electrons. The maximum Gasteiger partial charge on any atom is 0.416 e. The van der Waals surface area contributed by atoms with E-state index in [2.05, 4.69) is 58.7 Å². The Labute approximate surface area is 637 Å². The fourth-order valence-electron chi connectivity index (χ4n) is 16.0. The van der Waals surface area contributed by atoms with Crippen molar-refractivity contribution in [2.75, 3.05) is 98.5 Å². The number of ether oxygens (including phenoxy) is 1. The molecule has 1 unspecified atom stereocenters. The third kappa shape index (κ3) is 22.4. The van der Waals surface area contributed by atoms with Crippen molar-refractivity contribution in [3.05, 3.63) is 142 Å². The molecule has 3 aliphatic carbocycles. The maximum atomic E-state index is 13.2. The fourth-order valence-corrected chi connectivity index (χ4v) is 19.6. The molecule has 5 saturated heterocycles. The van der Waals surface area contributed by atoms with Crippen molar-refractivity contribution in [3.8, 4) is 0 Å². The molecule has 8 aromatic rings. The molecule has 30 heteroatoms. The Morgan fingerprint density at radius 2 is 1.00 bits per heavy atom. The minimum absolute atomic E-state index is 0. The van der Waals surface area contributed by atoms with Crippen LogP contribution in [0.3, 0.4) is 0 Å².